The first-order chi connectivity index (χ1) is 10.1. The second-order valence-electron chi connectivity index (χ2n) is 4.95. The Morgan fingerprint density at radius 2 is 2.24 bits per heavy atom. The average molecular weight is 326 g/mol. The number of benzene rings is 1. The zero-order chi connectivity index (χ0) is 15.2. The van der Waals surface area contributed by atoms with Crippen LogP contribution in [0.25, 0.3) is 0 Å². The molecular formula is C15H17Cl2N3O. The smallest absolute Gasteiger partial charge is 0.137 e. The first-order valence-corrected chi connectivity index (χ1v) is 7.31. The molecule has 0 spiro atoms. The molecule has 112 valence electrons. The number of ether oxygens (including phenoxy) is 1. The molecule has 0 bridgehead atoms. The third-order valence-corrected chi connectivity index (χ3v) is 3.51. The summed E-state index contributed by atoms with van der Waals surface area (Å²) >= 11 is 12.3. The predicted molar refractivity (Wildman–Crippen MR) is 84.9 cm³/mol. The second kappa shape index (κ2) is 7.59. The molecular weight excluding hydrogens is 309 g/mol. The molecule has 0 aliphatic heterocycles. The standard InChI is InChI=1S/C15H17Cl2N3O/c1-11(2)7-21-8-12(6-20-10-18-9-19-20)14-4-3-13(16)5-15(14)17/h3-5,9-10,12H,1,6-8H2,2H3. The number of rotatable bonds is 7. The van der Waals surface area contributed by atoms with Gasteiger partial charge in [-0.25, -0.2) is 4.98 Å². The quantitative estimate of drug-likeness (QED) is 0.723. The SMILES string of the molecule is C=C(C)COCC(Cn1cncn1)c1ccc(Cl)cc1Cl. The Bertz CT molecular complexity index is 599. The van der Waals surface area contributed by atoms with Crippen LogP contribution in [-0.2, 0) is 11.3 Å². The molecule has 0 saturated carbocycles. The zero-order valence-corrected chi connectivity index (χ0v) is 13.3. The molecule has 0 saturated heterocycles. The maximum atomic E-state index is 6.30. The van der Waals surface area contributed by atoms with Gasteiger partial charge in [-0.05, 0) is 24.6 Å². The van der Waals surface area contributed by atoms with Crippen LogP contribution >= 0.6 is 23.2 Å². The minimum atomic E-state index is 0.0656. The van der Waals surface area contributed by atoms with Crippen molar-refractivity contribution >= 4 is 23.2 Å². The van der Waals surface area contributed by atoms with Crippen molar-refractivity contribution in [2.45, 2.75) is 19.4 Å². The molecule has 0 radical (unpaired) electrons. The van der Waals surface area contributed by atoms with Crippen LogP contribution in [0.2, 0.25) is 10.0 Å². The van der Waals surface area contributed by atoms with Gasteiger partial charge in [-0.1, -0.05) is 41.4 Å². The van der Waals surface area contributed by atoms with E-state index in [1.165, 1.54) is 6.33 Å². The van der Waals surface area contributed by atoms with E-state index < -0.39 is 0 Å². The maximum absolute atomic E-state index is 6.30. The Morgan fingerprint density at radius 1 is 1.43 bits per heavy atom. The van der Waals surface area contributed by atoms with Gasteiger partial charge in [0.25, 0.3) is 0 Å². The summed E-state index contributed by atoms with van der Waals surface area (Å²) in [6.45, 7) is 7.45. The molecule has 6 heteroatoms. The number of hydrogen-bond acceptors (Lipinski definition) is 3. The Balaban J connectivity index is 2.15. The number of nitrogens with zero attached hydrogens (tertiary/aromatic N) is 3. The van der Waals surface area contributed by atoms with E-state index in [9.17, 15) is 0 Å². The van der Waals surface area contributed by atoms with E-state index >= 15 is 0 Å². The van der Waals surface area contributed by atoms with Crippen molar-refractivity contribution in [3.05, 3.63) is 58.6 Å². The summed E-state index contributed by atoms with van der Waals surface area (Å²) in [4.78, 5) is 3.96. The highest BCUT2D eigenvalue weighted by atomic mass is 35.5. The first-order valence-electron chi connectivity index (χ1n) is 6.55. The van der Waals surface area contributed by atoms with Gasteiger partial charge < -0.3 is 4.74 Å². The van der Waals surface area contributed by atoms with E-state index in [0.29, 0.717) is 29.8 Å². The Morgan fingerprint density at radius 3 is 2.86 bits per heavy atom. The van der Waals surface area contributed by atoms with E-state index in [1.807, 2.05) is 19.1 Å². The van der Waals surface area contributed by atoms with Gasteiger partial charge in [0.1, 0.15) is 12.7 Å². The number of halogens is 2. The lowest BCUT2D eigenvalue weighted by Crippen LogP contribution is -2.16. The molecule has 21 heavy (non-hydrogen) atoms. The Labute approximate surface area is 134 Å². The van der Waals surface area contributed by atoms with Crippen molar-refractivity contribution in [2.75, 3.05) is 13.2 Å². The molecule has 1 aromatic heterocycles. The van der Waals surface area contributed by atoms with Gasteiger partial charge in [0, 0.05) is 16.0 Å². The van der Waals surface area contributed by atoms with Crippen molar-refractivity contribution in [3.8, 4) is 0 Å². The molecule has 1 aromatic carbocycles. The van der Waals surface area contributed by atoms with Crippen LogP contribution < -0.4 is 0 Å². The van der Waals surface area contributed by atoms with Crippen LogP contribution in [0, 0.1) is 0 Å². The third-order valence-electron chi connectivity index (χ3n) is 2.94. The third kappa shape index (κ3) is 4.84. The lowest BCUT2D eigenvalue weighted by molar-refractivity contribution is 0.134. The summed E-state index contributed by atoms with van der Waals surface area (Å²) < 4.78 is 7.46. The molecule has 1 unspecified atom stereocenters. The van der Waals surface area contributed by atoms with E-state index in [1.54, 1.807) is 17.1 Å². The highest BCUT2D eigenvalue weighted by Crippen LogP contribution is 2.29. The highest BCUT2D eigenvalue weighted by Gasteiger charge is 2.17. The molecule has 1 heterocycles. The molecule has 2 aromatic rings. The minimum Gasteiger partial charge on any atom is -0.376 e. The fraction of sp³-hybridized carbons (Fsp3) is 0.333. The van der Waals surface area contributed by atoms with Crippen molar-refractivity contribution in [2.24, 2.45) is 0 Å². The lowest BCUT2D eigenvalue weighted by Gasteiger charge is -2.19. The second-order valence-corrected chi connectivity index (χ2v) is 5.80. The fourth-order valence-electron chi connectivity index (χ4n) is 2.00. The summed E-state index contributed by atoms with van der Waals surface area (Å²) in [7, 11) is 0. The van der Waals surface area contributed by atoms with E-state index in [4.69, 9.17) is 27.9 Å². The van der Waals surface area contributed by atoms with Gasteiger partial charge in [0.05, 0.1) is 19.8 Å². The van der Waals surface area contributed by atoms with Gasteiger partial charge in [-0.3, -0.25) is 4.68 Å². The van der Waals surface area contributed by atoms with E-state index in [0.717, 1.165) is 11.1 Å². The molecule has 0 N–H and O–H groups in total. The summed E-state index contributed by atoms with van der Waals surface area (Å²) in [6, 6.07) is 5.50. The van der Waals surface area contributed by atoms with Crippen molar-refractivity contribution in [3.63, 3.8) is 0 Å². The summed E-state index contributed by atoms with van der Waals surface area (Å²) in [5, 5.41) is 5.38. The molecule has 2 rings (SSSR count). The largest absolute Gasteiger partial charge is 0.376 e. The zero-order valence-electron chi connectivity index (χ0n) is 11.8. The topological polar surface area (TPSA) is 39.9 Å². The van der Waals surface area contributed by atoms with Crippen LogP contribution in [0.15, 0.2) is 43.0 Å². The average Bonchev–Trinajstić information content (AvgIpc) is 2.90. The molecule has 0 amide bonds. The molecule has 4 nitrogen and oxygen atoms in total. The van der Waals surface area contributed by atoms with Crippen LogP contribution in [0.3, 0.4) is 0 Å². The molecule has 1 atom stereocenters. The molecule has 0 aliphatic rings. The van der Waals surface area contributed by atoms with Gasteiger partial charge >= 0.3 is 0 Å². The van der Waals surface area contributed by atoms with Crippen LogP contribution in [0.1, 0.15) is 18.4 Å². The lowest BCUT2D eigenvalue weighted by atomic mass is 10.00. The Hall–Kier alpha value is -1.36. The molecule has 0 aliphatic carbocycles. The first kappa shape index (κ1) is 16.0. The van der Waals surface area contributed by atoms with E-state index in [-0.39, 0.29) is 5.92 Å². The highest BCUT2D eigenvalue weighted by molar-refractivity contribution is 6.35. The maximum Gasteiger partial charge on any atom is 0.137 e. The number of hydrogen-bond donors (Lipinski definition) is 0. The van der Waals surface area contributed by atoms with Crippen molar-refractivity contribution in [1.29, 1.82) is 0 Å². The van der Waals surface area contributed by atoms with Gasteiger partial charge in [0.15, 0.2) is 0 Å². The minimum absolute atomic E-state index is 0.0656. The van der Waals surface area contributed by atoms with Crippen LogP contribution in [-0.4, -0.2) is 28.0 Å². The van der Waals surface area contributed by atoms with Crippen LogP contribution in [0.5, 0.6) is 0 Å². The Kier molecular flexibility index (Phi) is 5.79. The van der Waals surface area contributed by atoms with Crippen molar-refractivity contribution in [1.82, 2.24) is 14.8 Å². The number of aromatic nitrogens is 3. The van der Waals surface area contributed by atoms with Crippen molar-refractivity contribution < 1.29 is 4.74 Å². The van der Waals surface area contributed by atoms with E-state index in [2.05, 4.69) is 16.7 Å². The fourth-order valence-corrected chi connectivity index (χ4v) is 2.56. The molecule has 0 fully saturated rings. The monoisotopic (exact) mass is 325 g/mol. The van der Waals surface area contributed by atoms with Gasteiger partial charge in [-0.15, -0.1) is 0 Å². The van der Waals surface area contributed by atoms with Gasteiger partial charge in [0.2, 0.25) is 0 Å². The summed E-state index contributed by atoms with van der Waals surface area (Å²) in [6.07, 6.45) is 3.19. The summed E-state index contributed by atoms with van der Waals surface area (Å²) in [5.41, 5.74) is 1.97. The van der Waals surface area contributed by atoms with Gasteiger partial charge in [-0.2, -0.15) is 5.10 Å². The van der Waals surface area contributed by atoms with Crippen LogP contribution in [0.4, 0.5) is 0 Å². The summed E-state index contributed by atoms with van der Waals surface area (Å²) in [5.74, 6) is 0.0656. The normalized spacial score (nSPS) is 12.3. The predicted octanol–water partition coefficient (Wildman–Crippen LogP) is 3.96.